The van der Waals surface area contributed by atoms with E-state index in [1.54, 1.807) is 24.3 Å². The number of nitrogens with one attached hydrogen (secondary N) is 2. The summed E-state index contributed by atoms with van der Waals surface area (Å²) in [5, 5.41) is 14.5. The molecule has 0 saturated heterocycles. The number of rotatable bonds is 6. The minimum atomic E-state index is -0.449. The second kappa shape index (κ2) is 7.81. The molecule has 0 aliphatic heterocycles. The van der Waals surface area contributed by atoms with Gasteiger partial charge < -0.3 is 21.3 Å². The van der Waals surface area contributed by atoms with Gasteiger partial charge in [0.1, 0.15) is 11.6 Å². The first kappa shape index (κ1) is 15.5. The zero-order valence-electron chi connectivity index (χ0n) is 11.7. The maximum Gasteiger partial charge on any atom is 0.267 e. The van der Waals surface area contributed by atoms with Gasteiger partial charge in [-0.2, -0.15) is 5.26 Å². The molecule has 0 radical (unpaired) electrons. The first-order valence-corrected chi connectivity index (χ1v) is 6.18. The van der Waals surface area contributed by atoms with Crippen LogP contribution in [0, 0.1) is 11.3 Å². The summed E-state index contributed by atoms with van der Waals surface area (Å²) in [6.07, 6.45) is 1.43. The van der Waals surface area contributed by atoms with Gasteiger partial charge in [0.15, 0.2) is 0 Å². The summed E-state index contributed by atoms with van der Waals surface area (Å²) in [6, 6.07) is 8.60. The summed E-state index contributed by atoms with van der Waals surface area (Å²) in [4.78, 5) is 13.9. The molecule has 0 aliphatic rings. The van der Waals surface area contributed by atoms with Crippen LogP contribution in [-0.2, 0) is 4.79 Å². The third kappa shape index (κ3) is 5.42. The van der Waals surface area contributed by atoms with E-state index < -0.39 is 5.91 Å². The average molecular weight is 273 g/mol. The number of likely N-dealkylation sites (N-methyl/N-ethyl adjacent to an activating group) is 1. The van der Waals surface area contributed by atoms with Gasteiger partial charge in [0, 0.05) is 30.7 Å². The molecule has 0 atom stereocenters. The Hall–Kier alpha value is -2.52. The van der Waals surface area contributed by atoms with Crippen molar-refractivity contribution in [3.05, 3.63) is 36.0 Å². The van der Waals surface area contributed by atoms with Crippen molar-refractivity contribution in [1.82, 2.24) is 10.2 Å². The van der Waals surface area contributed by atoms with Crippen LogP contribution in [0.25, 0.3) is 0 Å². The predicted octanol–water partition coefficient (Wildman–Crippen LogP) is 0.766. The Balaban J connectivity index is 2.56. The van der Waals surface area contributed by atoms with E-state index in [0.29, 0.717) is 17.9 Å². The molecule has 1 rings (SSSR count). The minimum Gasteiger partial charge on any atom is -0.399 e. The molecule has 0 bridgehead atoms. The van der Waals surface area contributed by atoms with Gasteiger partial charge in [-0.25, -0.2) is 0 Å². The lowest BCUT2D eigenvalue weighted by Gasteiger charge is -2.09. The smallest absolute Gasteiger partial charge is 0.267 e. The van der Waals surface area contributed by atoms with Crippen molar-refractivity contribution >= 4 is 17.3 Å². The van der Waals surface area contributed by atoms with E-state index in [1.165, 1.54) is 6.20 Å². The Labute approximate surface area is 118 Å². The number of hydrogen-bond acceptors (Lipinski definition) is 5. The molecular weight excluding hydrogens is 254 g/mol. The van der Waals surface area contributed by atoms with E-state index >= 15 is 0 Å². The summed E-state index contributed by atoms with van der Waals surface area (Å²) < 4.78 is 0. The second-order valence-corrected chi connectivity index (χ2v) is 4.50. The molecule has 0 heterocycles. The number of carbonyl (C=O) groups excluding carboxylic acids is 1. The van der Waals surface area contributed by atoms with Gasteiger partial charge in [0.25, 0.3) is 5.91 Å². The molecule has 0 saturated carbocycles. The second-order valence-electron chi connectivity index (χ2n) is 4.50. The van der Waals surface area contributed by atoms with Crippen LogP contribution in [0.1, 0.15) is 0 Å². The number of nitrogens with zero attached hydrogens (tertiary/aromatic N) is 2. The monoisotopic (exact) mass is 273 g/mol. The van der Waals surface area contributed by atoms with Crippen LogP contribution in [0.3, 0.4) is 0 Å². The number of nitrogens with two attached hydrogens (primary N) is 1. The number of nitrogen functional groups attached to an aromatic ring is 1. The minimum absolute atomic E-state index is 0.0283. The zero-order chi connectivity index (χ0) is 15.0. The lowest BCUT2D eigenvalue weighted by Crippen LogP contribution is -2.24. The maximum absolute atomic E-state index is 11.9. The fourth-order valence-corrected chi connectivity index (χ4v) is 1.38. The predicted molar refractivity (Wildman–Crippen MR) is 79.7 cm³/mol. The Morgan fingerprint density at radius 1 is 1.40 bits per heavy atom. The van der Waals surface area contributed by atoms with Crippen molar-refractivity contribution in [3.63, 3.8) is 0 Å². The van der Waals surface area contributed by atoms with Crippen LogP contribution in [0.2, 0.25) is 0 Å². The summed E-state index contributed by atoms with van der Waals surface area (Å²) in [7, 11) is 3.90. The fourth-order valence-electron chi connectivity index (χ4n) is 1.38. The lowest BCUT2D eigenvalue weighted by atomic mass is 10.2. The molecule has 0 fully saturated rings. The van der Waals surface area contributed by atoms with E-state index in [1.807, 2.05) is 25.1 Å². The maximum atomic E-state index is 11.9. The van der Waals surface area contributed by atoms with E-state index in [4.69, 9.17) is 11.0 Å². The Morgan fingerprint density at radius 3 is 2.60 bits per heavy atom. The molecular formula is C14H19N5O. The third-order valence-electron chi connectivity index (χ3n) is 2.48. The number of amides is 1. The van der Waals surface area contributed by atoms with Gasteiger partial charge in [-0.3, -0.25) is 4.79 Å². The molecule has 20 heavy (non-hydrogen) atoms. The van der Waals surface area contributed by atoms with Gasteiger partial charge in [-0.15, -0.1) is 0 Å². The molecule has 106 valence electrons. The van der Waals surface area contributed by atoms with Gasteiger partial charge in [0.2, 0.25) is 0 Å². The number of nitriles is 1. The van der Waals surface area contributed by atoms with Crippen molar-refractivity contribution in [2.45, 2.75) is 0 Å². The summed E-state index contributed by atoms with van der Waals surface area (Å²) in [5.41, 5.74) is 6.80. The highest BCUT2D eigenvalue weighted by Crippen LogP contribution is 2.11. The van der Waals surface area contributed by atoms with Crippen molar-refractivity contribution in [2.24, 2.45) is 0 Å². The van der Waals surface area contributed by atoms with Crippen molar-refractivity contribution in [2.75, 3.05) is 38.2 Å². The van der Waals surface area contributed by atoms with Crippen LogP contribution >= 0.6 is 0 Å². The molecule has 6 nitrogen and oxygen atoms in total. The van der Waals surface area contributed by atoms with Crippen LogP contribution in [0.15, 0.2) is 36.0 Å². The lowest BCUT2D eigenvalue weighted by molar-refractivity contribution is -0.112. The van der Waals surface area contributed by atoms with Crippen LogP contribution in [-0.4, -0.2) is 38.0 Å². The number of carbonyl (C=O) groups is 1. The Kier molecular flexibility index (Phi) is 6.07. The van der Waals surface area contributed by atoms with Gasteiger partial charge >= 0.3 is 0 Å². The van der Waals surface area contributed by atoms with Crippen LogP contribution in [0.5, 0.6) is 0 Å². The topological polar surface area (TPSA) is 94.2 Å². The van der Waals surface area contributed by atoms with E-state index in [0.717, 1.165) is 6.54 Å². The molecule has 0 spiro atoms. The molecule has 1 aromatic rings. The number of anilines is 2. The highest BCUT2D eigenvalue weighted by atomic mass is 16.1. The molecule has 0 unspecified atom stereocenters. The summed E-state index contributed by atoms with van der Waals surface area (Å²) in [5.74, 6) is -0.449. The molecule has 0 aliphatic carbocycles. The first-order valence-electron chi connectivity index (χ1n) is 6.18. The van der Waals surface area contributed by atoms with Gasteiger partial charge in [0.05, 0.1) is 0 Å². The van der Waals surface area contributed by atoms with Crippen molar-refractivity contribution in [3.8, 4) is 6.07 Å². The Bertz CT molecular complexity index is 513. The van der Waals surface area contributed by atoms with Crippen LogP contribution in [0.4, 0.5) is 11.4 Å². The van der Waals surface area contributed by atoms with Gasteiger partial charge in [-0.05, 0) is 38.4 Å². The van der Waals surface area contributed by atoms with Crippen molar-refractivity contribution in [1.29, 1.82) is 5.26 Å². The fraction of sp³-hybridized carbons (Fsp3) is 0.286. The SMILES string of the molecule is CN(C)CCN/C=C(/C#N)C(=O)Nc1ccc(N)cc1. The first-order chi connectivity index (χ1) is 9.52. The number of benzene rings is 1. The molecule has 1 aromatic carbocycles. The zero-order valence-corrected chi connectivity index (χ0v) is 11.7. The Morgan fingerprint density at radius 2 is 2.05 bits per heavy atom. The molecule has 4 N–H and O–H groups in total. The average Bonchev–Trinajstić information content (AvgIpc) is 2.41. The quantitative estimate of drug-likeness (QED) is 0.308. The van der Waals surface area contributed by atoms with E-state index in [9.17, 15) is 4.79 Å². The van der Waals surface area contributed by atoms with E-state index in [-0.39, 0.29) is 5.57 Å². The largest absolute Gasteiger partial charge is 0.399 e. The molecule has 0 aromatic heterocycles. The highest BCUT2D eigenvalue weighted by molar-refractivity contribution is 6.06. The summed E-state index contributed by atoms with van der Waals surface area (Å²) in [6.45, 7) is 1.47. The normalized spacial score (nSPS) is 11.0. The van der Waals surface area contributed by atoms with Gasteiger partial charge in [-0.1, -0.05) is 0 Å². The van der Waals surface area contributed by atoms with Crippen molar-refractivity contribution < 1.29 is 4.79 Å². The van der Waals surface area contributed by atoms with Crippen LogP contribution < -0.4 is 16.4 Å². The third-order valence-corrected chi connectivity index (χ3v) is 2.48. The van der Waals surface area contributed by atoms with E-state index in [2.05, 4.69) is 10.6 Å². The summed E-state index contributed by atoms with van der Waals surface area (Å²) >= 11 is 0. The molecule has 6 heteroatoms. The molecule has 1 amide bonds. The standard InChI is InChI=1S/C14H19N5O/c1-19(2)8-7-17-10-11(9-15)14(20)18-13-5-3-12(16)4-6-13/h3-6,10,17H,7-8,16H2,1-2H3,(H,18,20)/b11-10-. The number of hydrogen-bond donors (Lipinski definition) is 3. The highest BCUT2D eigenvalue weighted by Gasteiger charge is 2.08.